The minimum atomic E-state index is -4.77. The summed E-state index contributed by atoms with van der Waals surface area (Å²) in [6.07, 6.45) is -4.41. The number of amides is 1. The van der Waals surface area contributed by atoms with Gasteiger partial charge in [-0.1, -0.05) is 48.0 Å². The van der Waals surface area contributed by atoms with Gasteiger partial charge in [0.05, 0.1) is 11.6 Å². The maximum absolute atomic E-state index is 14.4. The first-order valence-electron chi connectivity index (χ1n) is 11.4. The smallest absolute Gasteiger partial charge is 0.392 e. The van der Waals surface area contributed by atoms with Crippen LogP contribution in [-0.4, -0.2) is 41.9 Å². The predicted octanol–water partition coefficient (Wildman–Crippen LogP) is 6.93. The molecule has 0 unspecified atom stereocenters. The molecule has 10 heteroatoms. The summed E-state index contributed by atoms with van der Waals surface area (Å²) >= 11 is 5.81. The fraction of sp³-hybridized carbons (Fsp3) is 0.346. The Morgan fingerprint density at radius 3 is 2.44 bits per heavy atom. The average Bonchev–Trinajstić information content (AvgIpc) is 3.12. The summed E-state index contributed by atoms with van der Waals surface area (Å²) in [6, 6.07) is 12.0. The van der Waals surface area contributed by atoms with Gasteiger partial charge >= 0.3 is 12.3 Å². The van der Waals surface area contributed by atoms with Crippen molar-refractivity contribution in [3.8, 4) is 17.0 Å². The predicted molar refractivity (Wildman–Crippen MR) is 128 cm³/mol. The lowest BCUT2D eigenvalue weighted by atomic mass is 10.0. The topological polar surface area (TPSA) is 43.7 Å². The molecule has 5 nitrogen and oxygen atoms in total. The van der Waals surface area contributed by atoms with E-state index < -0.39 is 23.8 Å². The third kappa shape index (κ3) is 5.37. The van der Waals surface area contributed by atoms with Crippen molar-refractivity contribution in [2.45, 2.75) is 38.5 Å². The van der Waals surface area contributed by atoms with E-state index in [4.69, 9.17) is 21.1 Å². The van der Waals surface area contributed by atoms with E-state index in [2.05, 4.69) is 0 Å². The van der Waals surface area contributed by atoms with E-state index in [0.29, 0.717) is 31.6 Å². The molecule has 2 aromatic carbocycles. The second-order valence-corrected chi connectivity index (χ2v) is 9.08. The van der Waals surface area contributed by atoms with Gasteiger partial charge in [-0.3, -0.25) is 0 Å². The van der Waals surface area contributed by atoms with Crippen molar-refractivity contribution in [2.24, 2.45) is 0 Å². The molecule has 1 aliphatic heterocycles. The molecule has 0 bridgehead atoms. The lowest BCUT2D eigenvalue weighted by Gasteiger charge is -2.30. The van der Waals surface area contributed by atoms with E-state index in [0.717, 1.165) is 10.6 Å². The molecule has 0 N–H and O–H groups in total. The molecule has 3 aromatic rings. The highest BCUT2D eigenvalue weighted by atomic mass is 35.5. The van der Waals surface area contributed by atoms with Crippen LogP contribution in [0.4, 0.5) is 22.4 Å². The molecule has 0 radical (unpaired) electrons. The van der Waals surface area contributed by atoms with Crippen LogP contribution in [0.1, 0.15) is 29.7 Å². The minimum absolute atomic E-state index is 0.0254. The van der Waals surface area contributed by atoms with Crippen molar-refractivity contribution in [1.29, 1.82) is 0 Å². The van der Waals surface area contributed by atoms with E-state index in [1.165, 1.54) is 24.0 Å². The first-order valence-corrected chi connectivity index (χ1v) is 11.8. The SMILES string of the molecule is Cc1c(-c2ccc(Cl)c(F)c2)c(OC(=O)N(C)C2CCOCC2)n(Cc2ccccc2)c1C(F)(F)F. The molecular weight excluding hydrogens is 500 g/mol. The molecule has 0 saturated carbocycles. The number of ether oxygens (including phenoxy) is 2. The van der Waals surface area contributed by atoms with Gasteiger partial charge in [-0.25, -0.2) is 9.18 Å². The minimum Gasteiger partial charge on any atom is -0.392 e. The number of hydrogen-bond donors (Lipinski definition) is 0. The highest BCUT2D eigenvalue weighted by Gasteiger charge is 2.41. The van der Waals surface area contributed by atoms with E-state index in [9.17, 15) is 22.4 Å². The number of carbonyl (C=O) groups excluding carboxylic acids is 1. The number of alkyl halides is 3. The van der Waals surface area contributed by atoms with E-state index in [1.54, 1.807) is 37.4 Å². The van der Waals surface area contributed by atoms with Crippen LogP contribution >= 0.6 is 11.6 Å². The largest absolute Gasteiger partial charge is 0.431 e. The fourth-order valence-electron chi connectivity index (χ4n) is 4.47. The van der Waals surface area contributed by atoms with Gasteiger partial charge in [-0.2, -0.15) is 13.2 Å². The van der Waals surface area contributed by atoms with Crippen molar-refractivity contribution in [2.75, 3.05) is 20.3 Å². The molecule has 0 aliphatic carbocycles. The van der Waals surface area contributed by atoms with Gasteiger partial charge in [-0.15, -0.1) is 0 Å². The fourth-order valence-corrected chi connectivity index (χ4v) is 4.59. The first kappa shape index (κ1) is 26.0. The molecule has 2 heterocycles. The lowest BCUT2D eigenvalue weighted by molar-refractivity contribution is -0.144. The summed E-state index contributed by atoms with van der Waals surface area (Å²) in [4.78, 5) is 14.5. The third-order valence-corrected chi connectivity index (χ3v) is 6.64. The molecule has 1 amide bonds. The van der Waals surface area contributed by atoms with E-state index in [1.807, 2.05) is 0 Å². The van der Waals surface area contributed by atoms with Crippen LogP contribution < -0.4 is 4.74 Å². The molecule has 192 valence electrons. The monoisotopic (exact) mass is 524 g/mol. The van der Waals surface area contributed by atoms with Gasteiger partial charge in [0.2, 0.25) is 5.88 Å². The molecule has 1 aromatic heterocycles. The maximum atomic E-state index is 14.4. The Labute approximate surface area is 211 Å². The Morgan fingerprint density at radius 1 is 1.17 bits per heavy atom. The van der Waals surface area contributed by atoms with Crippen LogP contribution in [0.5, 0.6) is 5.88 Å². The molecular formula is C26H25ClF4N2O3. The normalized spacial score (nSPS) is 14.6. The van der Waals surface area contributed by atoms with Crippen LogP contribution in [0, 0.1) is 12.7 Å². The number of carbonyl (C=O) groups is 1. The lowest BCUT2D eigenvalue weighted by Crippen LogP contribution is -2.42. The Bertz CT molecular complexity index is 1240. The third-order valence-electron chi connectivity index (χ3n) is 6.33. The second kappa shape index (κ2) is 10.5. The summed E-state index contributed by atoms with van der Waals surface area (Å²) in [6.45, 7) is 2.01. The number of aromatic nitrogens is 1. The number of benzene rings is 2. The maximum Gasteiger partial charge on any atom is 0.431 e. The van der Waals surface area contributed by atoms with Gasteiger partial charge < -0.3 is 18.9 Å². The highest BCUT2D eigenvalue weighted by Crippen LogP contribution is 2.45. The van der Waals surface area contributed by atoms with Crippen molar-refractivity contribution in [3.63, 3.8) is 0 Å². The van der Waals surface area contributed by atoms with Crippen molar-refractivity contribution < 1.29 is 31.8 Å². The summed E-state index contributed by atoms with van der Waals surface area (Å²) in [5.41, 5.74) is -0.502. The number of halogens is 5. The van der Waals surface area contributed by atoms with Gasteiger partial charge in [0.1, 0.15) is 11.5 Å². The van der Waals surface area contributed by atoms with Gasteiger partial charge in [-0.05, 0) is 48.6 Å². The number of nitrogens with zero attached hydrogens (tertiary/aromatic N) is 2. The average molecular weight is 525 g/mol. The van der Waals surface area contributed by atoms with Crippen molar-refractivity contribution in [1.82, 2.24) is 9.47 Å². The molecule has 1 aliphatic rings. The molecule has 1 saturated heterocycles. The van der Waals surface area contributed by atoms with Gasteiger partial charge in [0.25, 0.3) is 0 Å². The van der Waals surface area contributed by atoms with E-state index in [-0.39, 0.29) is 40.2 Å². The Hall–Kier alpha value is -3.04. The Morgan fingerprint density at radius 2 is 1.83 bits per heavy atom. The highest BCUT2D eigenvalue weighted by molar-refractivity contribution is 6.30. The zero-order chi connectivity index (χ0) is 26.0. The van der Waals surface area contributed by atoms with Gasteiger partial charge in [0, 0.05) is 31.9 Å². The number of hydrogen-bond acceptors (Lipinski definition) is 3. The Kier molecular flexibility index (Phi) is 7.61. The summed E-state index contributed by atoms with van der Waals surface area (Å²) < 4.78 is 69.4. The summed E-state index contributed by atoms with van der Waals surface area (Å²) in [7, 11) is 1.54. The van der Waals surface area contributed by atoms with Crippen molar-refractivity contribution >= 4 is 17.7 Å². The molecule has 0 spiro atoms. The van der Waals surface area contributed by atoms with Crippen LogP contribution in [0.3, 0.4) is 0 Å². The van der Waals surface area contributed by atoms with Crippen LogP contribution in [0.25, 0.3) is 11.1 Å². The molecule has 36 heavy (non-hydrogen) atoms. The summed E-state index contributed by atoms with van der Waals surface area (Å²) in [5, 5.41) is -0.172. The molecule has 4 rings (SSSR count). The summed E-state index contributed by atoms with van der Waals surface area (Å²) in [5.74, 6) is -1.11. The van der Waals surface area contributed by atoms with Crippen molar-refractivity contribution in [3.05, 3.63) is 76.2 Å². The zero-order valence-corrected chi connectivity index (χ0v) is 20.5. The Balaban J connectivity index is 1.87. The molecule has 0 atom stereocenters. The standard InChI is InChI=1S/C26H25ClF4N2O3/c1-16-22(18-8-9-20(27)21(28)14-18)24(36-25(34)32(2)19-10-12-35-13-11-19)33(23(16)26(29,30)31)15-17-6-4-3-5-7-17/h3-9,14,19H,10-13,15H2,1-2H3. The first-order chi connectivity index (χ1) is 17.1. The molecule has 1 fully saturated rings. The van der Waals surface area contributed by atoms with Gasteiger partial charge in [0.15, 0.2) is 0 Å². The van der Waals surface area contributed by atoms with Crippen LogP contribution in [0.2, 0.25) is 5.02 Å². The zero-order valence-electron chi connectivity index (χ0n) is 19.7. The second-order valence-electron chi connectivity index (χ2n) is 8.67. The van der Waals surface area contributed by atoms with Crippen LogP contribution in [0.15, 0.2) is 48.5 Å². The van der Waals surface area contributed by atoms with E-state index >= 15 is 0 Å². The quantitative estimate of drug-likeness (QED) is 0.340. The number of rotatable bonds is 5. The van der Waals surface area contributed by atoms with Crippen LogP contribution in [-0.2, 0) is 17.5 Å².